The molecule has 4 heteroatoms. The Morgan fingerprint density at radius 2 is 2.22 bits per heavy atom. The van der Waals surface area contributed by atoms with E-state index < -0.39 is 0 Å². The Labute approximate surface area is 105 Å². The third-order valence-electron chi connectivity index (χ3n) is 2.96. The Hall–Kier alpha value is -1.81. The van der Waals surface area contributed by atoms with E-state index in [9.17, 15) is 4.39 Å². The van der Waals surface area contributed by atoms with Gasteiger partial charge in [-0.15, -0.1) is 0 Å². The standard InChI is InChI=1S/C14H16FNO2/c1-17-14-5-4-10(8-13(14)15)11(9-16)7-12-3-2-6-18-12/h2-6,8,11H,7,9,16H2,1H3. The Morgan fingerprint density at radius 3 is 2.78 bits per heavy atom. The van der Waals surface area contributed by atoms with Crippen LogP contribution < -0.4 is 10.5 Å². The molecule has 2 rings (SSSR count). The number of hydrogen-bond donors (Lipinski definition) is 1. The number of halogens is 1. The summed E-state index contributed by atoms with van der Waals surface area (Å²) in [4.78, 5) is 0. The molecule has 1 unspecified atom stereocenters. The average Bonchev–Trinajstić information content (AvgIpc) is 2.88. The molecule has 1 heterocycles. The number of furan rings is 1. The van der Waals surface area contributed by atoms with Crippen molar-refractivity contribution < 1.29 is 13.5 Å². The minimum absolute atomic E-state index is 0.0385. The molecule has 0 saturated heterocycles. The Balaban J connectivity index is 2.19. The molecular formula is C14H16FNO2. The van der Waals surface area contributed by atoms with Gasteiger partial charge in [0.25, 0.3) is 0 Å². The molecule has 0 amide bonds. The Kier molecular flexibility index (Phi) is 3.99. The fourth-order valence-electron chi connectivity index (χ4n) is 1.95. The second kappa shape index (κ2) is 5.69. The lowest BCUT2D eigenvalue weighted by Crippen LogP contribution is -2.15. The van der Waals surface area contributed by atoms with E-state index >= 15 is 0 Å². The van der Waals surface area contributed by atoms with E-state index in [4.69, 9.17) is 14.9 Å². The van der Waals surface area contributed by atoms with Crippen molar-refractivity contribution in [2.75, 3.05) is 13.7 Å². The average molecular weight is 249 g/mol. The van der Waals surface area contributed by atoms with Gasteiger partial charge < -0.3 is 14.9 Å². The maximum absolute atomic E-state index is 13.6. The van der Waals surface area contributed by atoms with Crippen LogP contribution in [0.1, 0.15) is 17.2 Å². The van der Waals surface area contributed by atoms with Crippen LogP contribution in [0.5, 0.6) is 5.75 Å². The van der Waals surface area contributed by atoms with Gasteiger partial charge in [0.1, 0.15) is 5.76 Å². The Morgan fingerprint density at radius 1 is 1.39 bits per heavy atom. The van der Waals surface area contributed by atoms with Gasteiger partial charge in [0.05, 0.1) is 13.4 Å². The van der Waals surface area contributed by atoms with Crippen molar-refractivity contribution in [3.05, 3.63) is 53.7 Å². The highest BCUT2D eigenvalue weighted by Crippen LogP contribution is 2.25. The zero-order valence-electron chi connectivity index (χ0n) is 10.2. The van der Waals surface area contributed by atoms with Crippen LogP contribution in [0.2, 0.25) is 0 Å². The molecule has 96 valence electrons. The van der Waals surface area contributed by atoms with Crippen LogP contribution in [-0.4, -0.2) is 13.7 Å². The summed E-state index contributed by atoms with van der Waals surface area (Å²) in [6, 6.07) is 8.65. The third-order valence-corrected chi connectivity index (χ3v) is 2.96. The summed E-state index contributed by atoms with van der Waals surface area (Å²) in [5.74, 6) is 0.763. The van der Waals surface area contributed by atoms with Crippen LogP contribution in [0.15, 0.2) is 41.0 Å². The van der Waals surface area contributed by atoms with Gasteiger partial charge in [-0.25, -0.2) is 4.39 Å². The molecule has 2 N–H and O–H groups in total. The minimum atomic E-state index is -0.368. The van der Waals surface area contributed by atoms with E-state index in [0.29, 0.717) is 13.0 Å². The lowest BCUT2D eigenvalue weighted by molar-refractivity contribution is 0.385. The normalized spacial score (nSPS) is 12.4. The molecule has 0 bridgehead atoms. The van der Waals surface area contributed by atoms with Gasteiger partial charge in [-0.05, 0) is 36.4 Å². The van der Waals surface area contributed by atoms with Crippen molar-refractivity contribution in [3.8, 4) is 5.75 Å². The first-order valence-corrected chi connectivity index (χ1v) is 5.80. The zero-order valence-corrected chi connectivity index (χ0v) is 10.2. The molecular weight excluding hydrogens is 233 g/mol. The van der Waals surface area contributed by atoms with Crippen LogP contribution in [0.4, 0.5) is 4.39 Å². The number of hydrogen-bond acceptors (Lipinski definition) is 3. The molecule has 0 saturated carbocycles. The van der Waals surface area contributed by atoms with Gasteiger partial charge in [-0.3, -0.25) is 0 Å². The highest BCUT2D eigenvalue weighted by atomic mass is 19.1. The van der Waals surface area contributed by atoms with Crippen molar-refractivity contribution in [1.29, 1.82) is 0 Å². The van der Waals surface area contributed by atoms with E-state index in [1.54, 1.807) is 12.3 Å². The van der Waals surface area contributed by atoms with Gasteiger partial charge in [0, 0.05) is 12.3 Å². The summed E-state index contributed by atoms with van der Waals surface area (Å²) in [7, 11) is 1.45. The van der Waals surface area contributed by atoms with E-state index in [2.05, 4.69) is 0 Å². The Bertz CT molecular complexity index is 497. The maximum Gasteiger partial charge on any atom is 0.165 e. The quantitative estimate of drug-likeness (QED) is 0.886. The first-order chi connectivity index (χ1) is 8.74. The van der Waals surface area contributed by atoms with Crippen LogP contribution in [0, 0.1) is 5.82 Å². The molecule has 1 aromatic carbocycles. The highest BCUT2D eigenvalue weighted by Gasteiger charge is 2.14. The third kappa shape index (κ3) is 2.71. The summed E-state index contributed by atoms with van der Waals surface area (Å²) in [5, 5.41) is 0. The molecule has 18 heavy (non-hydrogen) atoms. The second-order valence-corrected chi connectivity index (χ2v) is 4.11. The van der Waals surface area contributed by atoms with E-state index in [1.807, 2.05) is 18.2 Å². The molecule has 0 fully saturated rings. The molecule has 1 aromatic heterocycles. The summed E-state index contributed by atoms with van der Waals surface area (Å²) in [6.07, 6.45) is 2.28. The topological polar surface area (TPSA) is 48.4 Å². The van der Waals surface area contributed by atoms with Gasteiger partial charge in [-0.2, -0.15) is 0 Å². The fraction of sp³-hybridized carbons (Fsp3) is 0.286. The molecule has 0 aliphatic heterocycles. The number of nitrogens with two attached hydrogens (primary N) is 1. The van der Waals surface area contributed by atoms with E-state index in [-0.39, 0.29) is 17.5 Å². The number of methoxy groups -OCH3 is 1. The van der Waals surface area contributed by atoms with Gasteiger partial charge in [-0.1, -0.05) is 6.07 Å². The second-order valence-electron chi connectivity index (χ2n) is 4.11. The molecule has 2 aromatic rings. The molecule has 3 nitrogen and oxygen atoms in total. The van der Waals surface area contributed by atoms with Crippen molar-refractivity contribution in [1.82, 2.24) is 0 Å². The van der Waals surface area contributed by atoms with Crippen LogP contribution in [-0.2, 0) is 6.42 Å². The smallest absolute Gasteiger partial charge is 0.165 e. The highest BCUT2D eigenvalue weighted by molar-refractivity contribution is 5.32. The number of ether oxygens (including phenoxy) is 1. The fourth-order valence-corrected chi connectivity index (χ4v) is 1.95. The lowest BCUT2D eigenvalue weighted by atomic mass is 9.94. The summed E-state index contributed by atoms with van der Waals surface area (Å²) < 4.78 is 23.8. The first-order valence-electron chi connectivity index (χ1n) is 5.80. The number of benzene rings is 1. The predicted octanol–water partition coefficient (Wildman–Crippen LogP) is 2.71. The van der Waals surface area contributed by atoms with Crippen molar-refractivity contribution >= 4 is 0 Å². The first kappa shape index (κ1) is 12.6. The SMILES string of the molecule is COc1ccc(C(CN)Cc2ccco2)cc1F. The number of rotatable bonds is 5. The molecule has 0 radical (unpaired) electrons. The minimum Gasteiger partial charge on any atom is -0.494 e. The van der Waals surface area contributed by atoms with Crippen LogP contribution in [0.3, 0.4) is 0 Å². The van der Waals surface area contributed by atoms with Crippen LogP contribution >= 0.6 is 0 Å². The predicted molar refractivity (Wildman–Crippen MR) is 67.2 cm³/mol. The summed E-state index contributed by atoms with van der Waals surface area (Å²) >= 11 is 0. The van der Waals surface area contributed by atoms with Crippen molar-refractivity contribution in [2.45, 2.75) is 12.3 Å². The van der Waals surface area contributed by atoms with Crippen molar-refractivity contribution in [3.63, 3.8) is 0 Å². The molecule has 0 spiro atoms. The molecule has 1 atom stereocenters. The van der Waals surface area contributed by atoms with E-state index in [1.165, 1.54) is 13.2 Å². The molecule has 0 aliphatic carbocycles. The van der Waals surface area contributed by atoms with E-state index in [0.717, 1.165) is 11.3 Å². The van der Waals surface area contributed by atoms with Crippen molar-refractivity contribution in [2.24, 2.45) is 5.73 Å². The van der Waals surface area contributed by atoms with Gasteiger partial charge in [0.2, 0.25) is 0 Å². The summed E-state index contributed by atoms with van der Waals surface area (Å²) in [5.41, 5.74) is 6.60. The molecule has 0 aliphatic rings. The lowest BCUT2D eigenvalue weighted by Gasteiger charge is -2.14. The van der Waals surface area contributed by atoms with Gasteiger partial charge >= 0.3 is 0 Å². The van der Waals surface area contributed by atoms with Crippen LogP contribution in [0.25, 0.3) is 0 Å². The zero-order chi connectivity index (χ0) is 13.0. The van der Waals surface area contributed by atoms with Gasteiger partial charge in [0.15, 0.2) is 11.6 Å². The largest absolute Gasteiger partial charge is 0.494 e. The monoisotopic (exact) mass is 249 g/mol. The summed E-state index contributed by atoms with van der Waals surface area (Å²) in [6.45, 7) is 0.437. The maximum atomic E-state index is 13.6.